The summed E-state index contributed by atoms with van der Waals surface area (Å²) in [7, 11) is 0. The van der Waals surface area contributed by atoms with E-state index in [1.165, 1.54) is 12.0 Å². The third kappa shape index (κ3) is 1.86. The van der Waals surface area contributed by atoms with E-state index in [-0.39, 0.29) is 4.87 Å². The van der Waals surface area contributed by atoms with Gasteiger partial charge in [0.1, 0.15) is 0 Å². The van der Waals surface area contributed by atoms with E-state index in [9.17, 15) is 5.11 Å². The van der Waals surface area contributed by atoms with E-state index in [1.807, 2.05) is 0 Å². The summed E-state index contributed by atoms with van der Waals surface area (Å²) >= 11 is 6.78. The molecule has 0 aliphatic heterocycles. The highest BCUT2D eigenvalue weighted by Gasteiger charge is 2.62. The van der Waals surface area contributed by atoms with Gasteiger partial charge in [0.2, 0.25) is 0 Å². The van der Waals surface area contributed by atoms with Crippen molar-refractivity contribution in [2.45, 2.75) is 55.4 Å². The maximum Gasteiger partial charge on any atom is 0.0703 e. The van der Waals surface area contributed by atoms with E-state index in [2.05, 4.69) is 37.3 Å². The van der Waals surface area contributed by atoms with Gasteiger partial charge in [0.05, 0.1) is 5.60 Å². The van der Waals surface area contributed by atoms with E-state index >= 15 is 0 Å². The predicted octanol–water partition coefficient (Wildman–Crippen LogP) is 4.34. The number of rotatable bonds is 2. The zero-order valence-corrected chi connectivity index (χ0v) is 12.8. The molecule has 6 atom stereocenters. The molecule has 4 bridgehead atoms. The second kappa shape index (κ2) is 4.24. The topological polar surface area (TPSA) is 20.2 Å². The van der Waals surface area contributed by atoms with Gasteiger partial charge < -0.3 is 5.11 Å². The molecule has 1 nitrogen and oxygen atoms in total. The second-order valence-electron chi connectivity index (χ2n) is 7.63. The fourth-order valence-electron chi connectivity index (χ4n) is 5.89. The van der Waals surface area contributed by atoms with Crippen LogP contribution in [0.1, 0.15) is 50.5 Å². The smallest absolute Gasteiger partial charge is 0.0703 e. The summed E-state index contributed by atoms with van der Waals surface area (Å²) in [6.07, 6.45) is 5.28. The first kappa shape index (κ1) is 13.2. The molecule has 0 amide bonds. The molecule has 108 valence electrons. The lowest BCUT2D eigenvalue weighted by Crippen LogP contribution is -2.63. The summed E-state index contributed by atoms with van der Waals surface area (Å²) in [5.74, 6) is 2.07. The Hall–Kier alpha value is -0.530. The first-order chi connectivity index (χ1) is 9.49. The van der Waals surface area contributed by atoms with E-state index in [1.54, 1.807) is 0 Å². The van der Waals surface area contributed by atoms with E-state index in [4.69, 9.17) is 11.6 Å². The lowest BCUT2D eigenvalue weighted by atomic mass is 9.47. The van der Waals surface area contributed by atoms with Crippen LogP contribution >= 0.6 is 11.6 Å². The lowest BCUT2D eigenvalue weighted by Gasteiger charge is -2.63. The normalized spacial score (nSPS) is 47.5. The minimum atomic E-state index is -0.527. The molecular formula is C18H23ClO. The molecular weight excluding hydrogens is 268 g/mol. The number of hydrogen-bond donors (Lipinski definition) is 1. The third-order valence-corrected chi connectivity index (χ3v) is 6.62. The number of alkyl halides is 1. The van der Waals surface area contributed by atoms with Gasteiger partial charge in [0, 0.05) is 4.87 Å². The van der Waals surface area contributed by atoms with Crippen molar-refractivity contribution in [3.8, 4) is 0 Å². The fraction of sp³-hybridized carbons (Fsp3) is 0.667. The van der Waals surface area contributed by atoms with Gasteiger partial charge in [0.15, 0.2) is 0 Å². The highest BCUT2D eigenvalue weighted by molar-refractivity contribution is 6.24. The molecule has 0 unspecified atom stereocenters. The molecule has 4 aliphatic rings. The highest BCUT2D eigenvalue weighted by Crippen LogP contribution is 2.64. The molecule has 20 heavy (non-hydrogen) atoms. The van der Waals surface area contributed by atoms with Crippen molar-refractivity contribution >= 4 is 11.6 Å². The van der Waals surface area contributed by atoms with Crippen molar-refractivity contribution in [3.63, 3.8) is 0 Å². The van der Waals surface area contributed by atoms with Crippen LogP contribution in [0.5, 0.6) is 0 Å². The zero-order valence-electron chi connectivity index (χ0n) is 12.1. The fourth-order valence-corrected chi connectivity index (χ4v) is 6.54. The maximum absolute atomic E-state index is 11.3. The minimum absolute atomic E-state index is 0.104. The van der Waals surface area contributed by atoms with Gasteiger partial charge in [-0.05, 0) is 61.3 Å². The lowest BCUT2D eigenvalue weighted by molar-refractivity contribution is -0.169. The first-order valence-corrected chi connectivity index (χ1v) is 8.33. The third-order valence-electron chi connectivity index (χ3n) is 6.18. The van der Waals surface area contributed by atoms with Gasteiger partial charge in [-0.2, -0.15) is 0 Å². The highest BCUT2D eigenvalue weighted by atomic mass is 35.5. The van der Waals surface area contributed by atoms with Crippen LogP contribution in [0.25, 0.3) is 0 Å². The Balaban J connectivity index is 1.69. The van der Waals surface area contributed by atoms with E-state index in [0.29, 0.717) is 23.7 Å². The molecule has 1 aromatic carbocycles. The number of aliphatic hydroxyl groups is 1. The molecule has 0 radical (unpaired) electrons. The molecule has 0 spiro atoms. The van der Waals surface area contributed by atoms with Crippen molar-refractivity contribution in [1.29, 1.82) is 0 Å². The summed E-state index contributed by atoms with van der Waals surface area (Å²) in [4.78, 5) is -0.104. The molecule has 4 fully saturated rings. The Morgan fingerprint density at radius 3 is 2.60 bits per heavy atom. The maximum atomic E-state index is 11.3. The van der Waals surface area contributed by atoms with Gasteiger partial charge in [-0.1, -0.05) is 37.3 Å². The molecule has 0 heterocycles. The Labute approximate surface area is 126 Å². The standard InChI is InChI=1S/C18H23ClO/c1-12(14-5-3-2-4-6-14)16-15-7-13-8-17(19,10-15)11-18(16,20)9-13/h2-6,12-13,15-16,20H,7-11H2,1H3/t12-,13+,15-,16+,17-,18-/m1/s1. The summed E-state index contributed by atoms with van der Waals surface area (Å²) in [5, 5.41) is 11.3. The van der Waals surface area contributed by atoms with Crippen LogP contribution in [0.3, 0.4) is 0 Å². The van der Waals surface area contributed by atoms with Crippen LogP contribution in [0, 0.1) is 17.8 Å². The van der Waals surface area contributed by atoms with Crippen molar-refractivity contribution in [1.82, 2.24) is 0 Å². The van der Waals surface area contributed by atoms with Gasteiger partial charge in [0.25, 0.3) is 0 Å². The van der Waals surface area contributed by atoms with E-state index in [0.717, 1.165) is 25.7 Å². The molecule has 1 aromatic rings. The Morgan fingerprint density at radius 2 is 1.95 bits per heavy atom. The largest absolute Gasteiger partial charge is 0.389 e. The average molecular weight is 291 g/mol. The second-order valence-corrected chi connectivity index (χ2v) is 8.43. The van der Waals surface area contributed by atoms with Crippen LogP contribution in [0.15, 0.2) is 30.3 Å². The zero-order chi connectivity index (χ0) is 14.0. The summed E-state index contributed by atoms with van der Waals surface area (Å²) in [6, 6.07) is 10.7. The monoisotopic (exact) mass is 290 g/mol. The Kier molecular flexibility index (Phi) is 2.79. The van der Waals surface area contributed by atoms with Crippen LogP contribution in [0.2, 0.25) is 0 Å². The van der Waals surface area contributed by atoms with Gasteiger partial charge in [-0.25, -0.2) is 0 Å². The summed E-state index contributed by atoms with van der Waals surface area (Å²) < 4.78 is 0. The van der Waals surface area contributed by atoms with Crippen molar-refractivity contribution in [3.05, 3.63) is 35.9 Å². The van der Waals surface area contributed by atoms with E-state index < -0.39 is 5.60 Å². The van der Waals surface area contributed by atoms with Gasteiger partial charge >= 0.3 is 0 Å². The van der Waals surface area contributed by atoms with Crippen LogP contribution in [0.4, 0.5) is 0 Å². The molecule has 1 N–H and O–H groups in total. The predicted molar refractivity (Wildman–Crippen MR) is 81.9 cm³/mol. The van der Waals surface area contributed by atoms with Gasteiger partial charge in [-0.3, -0.25) is 0 Å². The molecule has 0 aromatic heterocycles. The van der Waals surface area contributed by atoms with Crippen LogP contribution in [-0.2, 0) is 0 Å². The molecule has 4 aliphatic carbocycles. The Morgan fingerprint density at radius 1 is 1.20 bits per heavy atom. The van der Waals surface area contributed by atoms with Crippen LogP contribution in [-0.4, -0.2) is 15.6 Å². The molecule has 0 saturated heterocycles. The summed E-state index contributed by atoms with van der Waals surface area (Å²) in [6.45, 7) is 2.29. The number of halogens is 1. The molecule has 4 saturated carbocycles. The Bertz CT molecular complexity index is 515. The van der Waals surface area contributed by atoms with Crippen molar-refractivity contribution in [2.24, 2.45) is 17.8 Å². The molecule has 5 rings (SSSR count). The quantitative estimate of drug-likeness (QED) is 0.804. The average Bonchev–Trinajstić information content (AvgIpc) is 2.36. The van der Waals surface area contributed by atoms with Crippen LogP contribution < -0.4 is 0 Å². The summed E-state index contributed by atoms with van der Waals surface area (Å²) in [5.41, 5.74) is 0.836. The van der Waals surface area contributed by atoms with Crippen molar-refractivity contribution in [2.75, 3.05) is 0 Å². The number of hydrogen-bond acceptors (Lipinski definition) is 1. The van der Waals surface area contributed by atoms with Crippen molar-refractivity contribution < 1.29 is 5.11 Å². The van der Waals surface area contributed by atoms with Gasteiger partial charge in [-0.15, -0.1) is 11.6 Å². The molecule has 2 heteroatoms. The minimum Gasteiger partial charge on any atom is -0.389 e. The first-order valence-electron chi connectivity index (χ1n) is 7.95. The SMILES string of the molecule is C[C@H](c1ccccc1)[C@H]1[C@@H]2C[C@H]3C[C@@](Cl)(C2)C[C@]1(O)C3. The number of benzene rings is 1.